The predicted octanol–water partition coefficient (Wildman–Crippen LogP) is 1.69. The molecule has 2 N–H and O–H groups in total. The molecule has 2 aliphatic heterocycles. The van der Waals surface area contributed by atoms with Crippen LogP contribution < -0.4 is 15.5 Å². The highest BCUT2D eigenvalue weighted by molar-refractivity contribution is 5.98. The molecule has 1 atom stereocenters. The standard InChI is InChI=1S/C16H13NO5/c1-7-4-10(18)14-11(19)5-12-13(15(14)22-7)8-2-3-17-16(20)9(8)6-21-12/h4-6,8,19H,2-3H2,1H3,(H,17,20). The second-order valence-electron chi connectivity index (χ2n) is 5.52. The lowest BCUT2D eigenvalue weighted by atomic mass is 9.83. The minimum Gasteiger partial charge on any atom is -0.507 e. The van der Waals surface area contributed by atoms with Gasteiger partial charge in [0.05, 0.1) is 5.57 Å². The number of carbonyl (C=O) groups excluding carboxylic acids is 1. The van der Waals surface area contributed by atoms with Gasteiger partial charge in [-0.3, -0.25) is 9.59 Å². The van der Waals surface area contributed by atoms with Crippen molar-refractivity contribution in [1.29, 1.82) is 0 Å². The number of benzene rings is 1. The number of phenolic OH excluding ortho intramolecular Hbond substituents is 1. The Hall–Kier alpha value is -2.76. The van der Waals surface area contributed by atoms with E-state index in [1.54, 1.807) is 6.92 Å². The van der Waals surface area contributed by atoms with Crippen molar-refractivity contribution in [2.24, 2.45) is 0 Å². The molecule has 0 aliphatic carbocycles. The van der Waals surface area contributed by atoms with E-state index in [1.807, 2.05) is 0 Å². The van der Waals surface area contributed by atoms with Gasteiger partial charge in [-0.25, -0.2) is 0 Å². The van der Waals surface area contributed by atoms with Crippen LogP contribution in [0.3, 0.4) is 0 Å². The van der Waals surface area contributed by atoms with Crippen molar-refractivity contribution >= 4 is 16.9 Å². The largest absolute Gasteiger partial charge is 0.507 e. The summed E-state index contributed by atoms with van der Waals surface area (Å²) < 4.78 is 11.2. The lowest BCUT2D eigenvalue weighted by Crippen LogP contribution is -2.36. The molecular weight excluding hydrogens is 286 g/mol. The molecule has 6 heteroatoms. The Labute approximate surface area is 125 Å². The molecular formula is C16H13NO5. The zero-order valence-electron chi connectivity index (χ0n) is 11.8. The van der Waals surface area contributed by atoms with Gasteiger partial charge in [-0.05, 0) is 13.3 Å². The van der Waals surface area contributed by atoms with E-state index < -0.39 is 0 Å². The van der Waals surface area contributed by atoms with Crippen LogP contribution in [-0.4, -0.2) is 17.6 Å². The molecule has 22 heavy (non-hydrogen) atoms. The normalized spacial score (nSPS) is 19.8. The second kappa shape index (κ2) is 4.37. The highest BCUT2D eigenvalue weighted by Gasteiger charge is 2.35. The molecule has 1 amide bonds. The topological polar surface area (TPSA) is 88.8 Å². The molecule has 4 rings (SSSR count). The number of aromatic hydroxyl groups is 1. The third kappa shape index (κ3) is 1.67. The van der Waals surface area contributed by atoms with Crippen molar-refractivity contribution < 1.29 is 19.1 Å². The molecule has 0 saturated carbocycles. The highest BCUT2D eigenvalue weighted by atomic mass is 16.5. The third-order valence-electron chi connectivity index (χ3n) is 4.12. The average molecular weight is 299 g/mol. The summed E-state index contributed by atoms with van der Waals surface area (Å²) in [4.78, 5) is 24.1. The van der Waals surface area contributed by atoms with Crippen LogP contribution in [0.2, 0.25) is 0 Å². The minimum atomic E-state index is -0.310. The number of hydrogen-bond acceptors (Lipinski definition) is 5. The molecule has 1 saturated heterocycles. The Morgan fingerprint density at radius 1 is 1.32 bits per heavy atom. The Morgan fingerprint density at radius 2 is 2.14 bits per heavy atom. The molecule has 112 valence electrons. The molecule has 1 fully saturated rings. The van der Waals surface area contributed by atoms with Gasteiger partial charge in [0.2, 0.25) is 0 Å². The summed E-state index contributed by atoms with van der Waals surface area (Å²) in [5, 5.41) is 13.0. The lowest BCUT2D eigenvalue weighted by molar-refractivity contribution is -0.118. The molecule has 2 aromatic rings. The van der Waals surface area contributed by atoms with Crippen LogP contribution in [0.5, 0.6) is 11.5 Å². The second-order valence-corrected chi connectivity index (χ2v) is 5.52. The van der Waals surface area contributed by atoms with E-state index in [1.165, 1.54) is 18.4 Å². The van der Waals surface area contributed by atoms with Crippen molar-refractivity contribution in [3.8, 4) is 11.5 Å². The first-order valence-electron chi connectivity index (χ1n) is 7.01. The number of fused-ring (bicyclic) bond motifs is 5. The summed E-state index contributed by atoms with van der Waals surface area (Å²) in [6, 6.07) is 2.74. The van der Waals surface area contributed by atoms with E-state index in [4.69, 9.17) is 9.15 Å². The van der Waals surface area contributed by atoms with Crippen molar-refractivity contribution in [1.82, 2.24) is 5.32 Å². The minimum absolute atomic E-state index is 0.125. The summed E-state index contributed by atoms with van der Waals surface area (Å²) in [6.45, 7) is 2.21. The fourth-order valence-corrected chi connectivity index (χ4v) is 3.16. The Balaban J connectivity index is 2.08. The van der Waals surface area contributed by atoms with E-state index >= 15 is 0 Å². The van der Waals surface area contributed by atoms with Crippen LogP contribution in [-0.2, 0) is 4.79 Å². The van der Waals surface area contributed by atoms with E-state index in [0.29, 0.717) is 41.2 Å². The van der Waals surface area contributed by atoms with E-state index in [0.717, 1.165) is 0 Å². The molecule has 6 nitrogen and oxygen atoms in total. The maximum atomic E-state index is 12.2. The van der Waals surface area contributed by atoms with Gasteiger partial charge in [-0.15, -0.1) is 0 Å². The molecule has 1 aromatic carbocycles. The fourth-order valence-electron chi connectivity index (χ4n) is 3.16. The maximum absolute atomic E-state index is 12.2. The van der Waals surface area contributed by atoms with Crippen LogP contribution in [0.1, 0.15) is 23.7 Å². The van der Waals surface area contributed by atoms with Gasteiger partial charge in [0, 0.05) is 30.2 Å². The Kier molecular flexibility index (Phi) is 2.57. The smallest absolute Gasteiger partial charge is 0.250 e. The summed E-state index contributed by atoms with van der Waals surface area (Å²) in [5.41, 5.74) is 1.15. The van der Waals surface area contributed by atoms with Crippen molar-refractivity contribution in [2.45, 2.75) is 19.3 Å². The first kappa shape index (κ1) is 12.9. The average Bonchev–Trinajstić information content (AvgIpc) is 2.46. The predicted molar refractivity (Wildman–Crippen MR) is 78.0 cm³/mol. The van der Waals surface area contributed by atoms with E-state index in [2.05, 4.69) is 5.32 Å². The van der Waals surface area contributed by atoms with E-state index in [-0.39, 0.29) is 28.4 Å². The van der Waals surface area contributed by atoms with Crippen molar-refractivity contribution in [2.75, 3.05) is 6.54 Å². The van der Waals surface area contributed by atoms with Crippen LogP contribution in [0.15, 0.2) is 33.2 Å². The SMILES string of the molecule is Cc1cc(=O)c2c(O)cc3c(c2o1)C1CCNC(=O)C1=CO3. The number of piperidine rings is 1. The molecule has 0 bridgehead atoms. The van der Waals surface area contributed by atoms with Crippen molar-refractivity contribution in [3.63, 3.8) is 0 Å². The van der Waals surface area contributed by atoms with Gasteiger partial charge in [0.25, 0.3) is 5.91 Å². The molecule has 0 spiro atoms. The van der Waals surface area contributed by atoms with Gasteiger partial charge < -0.3 is 19.6 Å². The lowest BCUT2D eigenvalue weighted by Gasteiger charge is -2.30. The van der Waals surface area contributed by atoms with Crippen LogP contribution >= 0.6 is 0 Å². The summed E-state index contributed by atoms with van der Waals surface area (Å²) in [5.74, 6) is 0.298. The first-order valence-corrected chi connectivity index (χ1v) is 7.01. The fraction of sp³-hybridized carbons (Fsp3) is 0.250. The number of nitrogens with one attached hydrogen (secondary N) is 1. The Bertz CT molecular complexity index is 909. The molecule has 2 aliphatic rings. The van der Waals surface area contributed by atoms with Gasteiger partial charge >= 0.3 is 0 Å². The van der Waals surface area contributed by atoms with Gasteiger partial charge in [0.15, 0.2) is 5.43 Å². The van der Waals surface area contributed by atoms with Gasteiger partial charge in [-0.2, -0.15) is 0 Å². The first-order chi connectivity index (χ1) is 10.6. The number of carbonyl (C=O) groups is 1. The monoisotopic (exact) mass is 299 g/mol. The quantitative estimate of drug-likeness (QED) is 0.772. The van der Waals surface area contributed by atoms with Crippen LogP contribution in [0, 0.1) is 6.92 Å². The highest BCUT2D eigenvalue weighted by Crippen LogP contribution is 2.45. The zero-order valence-corrected chi connectivity index (χ0v) is 11.8. The zero-order chi connectivity index (χ0) is 15.4. The maximum Gasteiger partial charge on any atom is 0.250 e. The number of hydrogen-bond donors (Lipinski definition) is 2. The number of amides is 1. The summed E-state index contributed by atoms with van der Waals surface area (Å²) in [6.07, 6.45) is 2.09. The molecule has 3 heterocycles. The van der Waals surface area contributed by atoms with E-state index in [9.17, 15) is 14.7 Å². The number of aryl methyl sites for hydroxylation is 1. The van der Waals surface area contributed by atoms with Gasteiger partial charge in [0.1, 0.15) is 34.5 Å². The molecule has 1 aromatic heterocycles. The molecule has 1 unspecified atom stereocenters. The number of phenols is 1. The van der Waals surface area contributed by atoms with Crippen molar-refractivity contribution in [3.05, 3.63) is 45.5 Å². The van der Waals surface area contributed by atoms with Crippen LogP contribution in [0.25, 0.3) is 11.0 Å². The molecule has 0 radical (unpaired) electrons. The summed E-state index contributed by atoms with van der Waals surface area (Å²) >= 11 is 0. The number of rotatable bonds is 0. The van der Waals surface area contributed by atoms with Crippen LogP contribution in [0.4, 0.5) is 0 Å². The summed E-state index contributed by atoms with van der Waals surface area (Å²) in [7, 11) is 0. The third-order valence-corrected chi connectivity index (χ3v) is 4.12. The van der Waals surface area contributed by atoms with Gasteiger partial charge in [-0.1, -0.05) is 0 Å². The number of ether oxygens (including phenoxy) is 1. The Morgan fingerprint density at radius 3 is 2.95 bits per heavy atom.